The topological polar surface area (TPSA) is 84.3 Å². The van der Waals surface area contributed by atoms with Crippen LogP contribution < -0.4 is 10.1 Å². The molecule has 0 atom stereocenters. The van der Waals surface area contributed by atoms with Crippen molar-refractivity contribution in [2.45, 2.75) is 6.54 Å². The van der Waals surface area contributed by atoms with Gasteiger partial charge in [0, 0.05) is 41.3 Å². The fourth-order valence-corrected chi connectivity index (χ4v) is 3.87. The van der Waals surface area contributed by atoms with Gasteiger partial charge in [-0.3, -0.25) is 4.98 Å². The van der Waals surface area contributed by atoms with Gasteiger partial charge in [-0.2, -0.15) is 8.97 Å². The first kappa shape index (κ1) is 21.1. The Labute approximate surface area is 198 Å². The zero-order valence-corrected chi connectivity index (χ0v) is 18.6. The van der Waals surface area contributed by atoms with Crippen molar-refractivity contribution in [3.8, 4) is 28.3 Å². The summed E-state index contributed by atoms with van der Waals surface area (Å²) in [4.78, 5) is 26.0. The summed E-state index contributed by atoms with van der Waals surface area (Å²) in [6.45, 7) is 0.288. The molecule has 0 aliphatic rings. The number of pyridine rings is 4. The summed E-state index contributed by atoms with van der Waals surface area (Å²) in [5.74, 6) is -0.160. The lowest BCUT2D eigenvalue weighted by atomic mass is 10.1. The molecule has 33 heavy (non-hydrogen) atoms. The van der Waals surface area contributed by atoms with Crippen molar-refractivity contribution in [3.05, 3.63) is 106 Å². The van der Waals surface area contributed by atoms with Crippen LogP contribution in [0.25, 0.3) is 28.0 Å². The minimum Gasteiger partial charge on any atom is -0.477 e. The predicted octanol–water partition coefficient (Wildman–Crippen LogP) is 4.17. The van der Waals surface area contributed by atoms with E-state index < -0.39 is 0 Å². The Balaban J connectivity index is 1.71. The number of hydrogen-bond donors (Lipinski definition) is 1. The lowest BCUT2D eigenvalue weighted by Gasteiger charge is -2.11. The van der Waals surface area contributed by atoms with Gasteiger partial charge in [0.05, 0.1) is 11.9 Å². The number of aromatic nitrogens is 5. The Morgan fingerprint density at radius 2 is 1.70 bits per heavy atom. The number of rotatable bonds is 4. The van der Waals surface area contributed by atoms with E-state index in [0.29, 0.717) is 27.2 Å². The van der Waals surface area contributed by atoms with Crippen molar-refractivity contribution < 1.29 is 9.67 Å². The zero-order chi connectivity index (χ0) is 22.9. The van der Waals surface area contributed by atoms with E-state index in [0.717, 1.165) is 11.1 Å². The molecule has 162 valence electrons. The average Bonchev–Trinajstić information content (AvgIpc) is 2.84. The maximum Gasteiger partial charge on any atom is 0.354 e. The highest BCUT2D eigenvalue weighted by atomic mass is 35.5. The Morgan fingerprint density at radius 3 is 2.42 bits per heavy atom. The molecular formula is C24H16Cl2N5O2+. The van der Waals surface area contributed by atoms with Gasteiger partial charge in [0.1, 0.15) is 16.9 Å². The summed E-state index contributed by atoms with van der Waals surface area (Å²) in [7, 11) is 0. The molecule has 5 aromatic heterocycles. The van der Waals surface area contributed by atoms with Crippen molar-refractivity contribution in [2.24, 2.45) is 0 Å². The first-order valence-corrected chi connectivity index (χ1v) is 10.7. The van der Waals surface area contributed by atoms with Crippen LogP contribution in [0.15, 0.2) is 84.2 Å². The number of nitrogens with zero attached hydrogens (tertiary/aromatic N) is 5. The minimum atomic E-state index is -0.347. The maximum atomic E-state index is 13.4. The second kappa shape index (κ2) is 8.61. The fraction of sp³-hybridized carbons (Fsp3) is 0.0417. The van der Waals surface area contributed by atoms with Crippen LogP contribution >= 0.6 is 23.2 Å². The van der Waals surface area contributed by atoms with Crippen molar-refractivity contribution in [3.63, 3.8) is 0 Å². The standard InChI is InChI=1S/C24H15Cl2N5O2/c25-19-6-4-15(12-28-19)14-31-21-3-1-2-10-30(21)23(32)22(24(31)33)16-8-9-27-18(11-16)17-5-7-20(26)29-13-17/h1-13H,14H2/p+1. The van der Waals surface area contributed by atoms with Gasteiger partial charge in [-0.25, -0.2) is 14.8 Å². The van der Waals surface area contributed by atoms with Crippen molar-refractivity contribution in [1.29, 1.82) is 0 Å². The van der Waals surface area contributed by atoms with Crippen LogP contribution in [-0.4, -0.2) is 24.5 Å². The van der Waals surface area contributed by atoms with E-state index in [1.165, 1.54) is 4.40 Å². The second-order valence-electron chi connectivity index (χ2n) is 7.31. The third-order valence-electron chi connectivity index (χ3n) is 5.23. The van der Waals surface area contributed by atoms with E-state index in [2.05, 4.69) is 15.0 Å². The molecule has 7 nitrogen and oxygen atoms in total. The quantitative estimate of drug-likeness (QED) is 0.310. The molecule has 0 amide bonds. The van der Waals surface area contributed by atoms with Gasteiger partial charge in [0.25, 0.3) is 11.5 Å². The highest BCUT2D eigenvalue weighted by Gasteiger charge is 2.25. The van der Waals surface area contributed by atoms with Crippen molar-refractivity contribution in [1.82, 2.24) is 19.4 Å². The molecule has 0 fully saturated rings. The Kier molecular flexibility index (Phi) is 5.50. The molecule has 0 saturated carbocycles. The number of hydrogen-bond acceptors (Lipinski definition) is 5. The number of aromatic hydroxyl groups is 1. The molecular weight excluding hydrogens is 461 g/mol. The van der Waals surface area contributed by atoms with Crippen LogP contribution in [0.3, 0.4) is 0 Å². The molecule has 9 heteroatoms. The van der Waals surface area contributed by atoms with E-state index >= 15 is 0 Å². The summed E-state index contributed by atoms with van der Waals surface area (Å²) >= 11 is 11.8. The van der Waals surface area contributed by atoms with E-state index in [1.54, 1.807) is 71.8 Å². The first-order valence-electron chi connectivity index (χ1n) is 9.96. The van der Waals surface area contributed by atoms with Gasteiger partial charge >= 0.3 is 5.56 Å². The van der Waals surface area contributed by atoms with Crippen LogP contribution in [0.4, 0.5) is 0 Å². The molecule has 0 radical (unpaired) electrons. The molecule has 0 aromatic carbocycles. The van der Waals surface area contributed by atoms with Crippen molar-refractivity contribution >= 4 is 28.8 Å². The molecule has 5 rings (SSSR count). The molecule has 1 N–H and O–H groups in total. The highest BCUT2D eigenvalue weighted by molar-refractivity contribution is 6.29. The third kappa shape index (κ3) is 4.04. The normalized spacial score (nSPS) is 11.1. The van der Waals surface area contributed by atoms with Crippen LogP contribution in [0, 0.1) is 0 Å². The van der Waals surface area contributed by atoms with Gasteiger partial charge in [-0.1, -0.05) is 35.3 Å². The molecule has 0 aliphatic carbocycles. The molecule has 0 bridgehead atoms. The van der Waals surface area contributed by atoms with Crippen LogP contribution in [0.2, 0.25) is 10.3 Å². The second-order valence-corrected chi connectivity index (χ2v) is 8.08. The summed E-state index contributed by atoms with van der Waals surface area (Å²) in [6, 6.07) is 15.7. The fourth-order valence-electron chi connectivity index (χ4n) is 3.65. The van der Waals surface area contributed by atoms with Gasteiger partial charge in [0.15, 0.2) is 5.56 Å². The minimum absolute atomic E-state index is 0.159. The monoisotopic (exact) mass is 476 g/mol. The van der Waals surface area contributed by atoms with E-state index in [-0.39, 0.29) is 23.5 Å². The van der Waals surface area contributed by atoms with Gasteiger partial charge in [-0.15, -0.1) is 0 Å². The largest absolute Gasteiger partial charge is 0.477 e. The molecule has 5 aromatic rings. The first-order chi connectivity index (χ1) is 16.0. The smallest absolute Gasteiger partial charge is 0.354 e. The lowest BCUT2D eigenvalue weighted by molar-refractivity contribution is -0.671. The highest BCUT2D eigenvalue weighted by Crippen LogP contribution is 2.27. The Morgan fingerprint density at radius 1 is 0.909 bits per heavy atom. The molecule has 0 aliphatic heterocycles. The lowest BCUT2D eigenvalue weighted by Crippen LogP contribution is -2.41. The number of halogens is 2. The molecule has 0 saturated heterocycles. The molecule has 0 spiro atoms. The van der Waals surface area contributed by atoms with Gasteiger partial charge < -0.3 is 5.11 Å². The number of fused-ring (bicyclic) bond motifs is 1. The van der Waals surface area contributed by atoms with E-state index in [1.807, 2.05) is 12.1 Å². The van der Waals surface area contributed by atoms with Crippen LogP contribution in [0.5, 0.6) is 5.88 Å². The average molecular weight is 477 g/mol. The van der Waals surface area contributed by atoms with Gasteiger partial charge in [-0.05, 0) is 36.4 Å². The van der Waals surface area contributed by atoms with E-state index in [4.69, 9.17) is 23.2 Å². The Bertz CT molecular complexity index is 1530. The summed E-state index contributed by atoms with van der Waals surface area (Å²) in [6.07, 6.45) is 6.50. The Hall–Kier alpha value is -3.81. The predicted molar refractivity (Wildman–Crippen MR) is 125 cm³/mol. The van der Waals surface area contributed by atoms with Gasteiger partial charge in [0.2, 0.25) is 0 Å². The third-order valence-corrected chi connectivity index (χ3v) is 5.68. The van der Waals surface area contributed by atoms with E-state index in [9.17, 15) is 9.90 Å². The van der Waals surface area contributed by atoms with Crippen LogP contribution in [-0.2, 0) is 6.54 Å². The summed E-state index contributed by atoms with van der Waals surface area (Å²) in [5, 5.41) is 12.0. The van der Waals surface area contributed by atoms with Crippen molar-refractivity contribution in [2.75, 3.05) is 0 Å². The van der Waals surface area contributed by atoms with Crippen LogP contribution in [0.1, 0.15) is 5.56 Å². The maximum absolute atomic E-state index is 13.4. The molecule has 0 unspecified atom stereocenters. The summed E-state index contributed by atoms with van der Waals surface area (Å²) in [5.41, 5.74) is 3.03. The summed E-state index contributed by atoms with van der Waals surface area (Å²) < 4.78 is 3.16. The SMILES string of the molecule is O=c1c(-c2ccnc(-c3ccc(Cl)nc3)c2)c(O)[n+](Cc2ccc(Cl)nc2)c2ccccn12. The zero-order valence-electron chi connectivity index (χ0n) is 17.1. The molecule has 5 heterocycles.